The van der Waals surface area contributed by atoms with Crippen molar-refractivity contribution >= 4 is 22.8 Å². The minimum atomic E-state index is -0.359. The standard InChI is InChI=1S/C6H6ClN5O/c7-6-10-4-3(5(13)11-6)9-2-12(4)1-8/h2H,1,8H2,(H,10,11,13). The van der Waals surface area contributed by atoms with Gasteiger partial charge >= 0.3 is 0 Å². The molecule has 0 atom stereocenters. The fourth-order valence-electron chi connectivity index (χ4n) is 1.06. The summed E-state index contributed by atoms with van der Waals surface area (Å²) in [6, 6.07) is 0. The summed E-state index contributed by atoms with van der Waals surface area (Å²) in [5, 5.41) is 0.0349. The molecule has 0 spiro atoms. The van der Waals surface area contributed by atoms with E-state index in [1.165, 1.54) is 10.9 Å². The van der Waals surface area contributed by atoms with Gasteiger partial charge in [0.25, 0.3) is 5.56 Å². The molecule has 0 aliphatic heterocycles. The molecule has 2 aromatic rings. The van der Waals surface area contributed by atoms with Crippen LogP contribution < -0.4 is 11.3 Å². The van der Waals surface area contributed by atoms with Gasteiger partial charge in [-0.2, -0.15) is 4.98 Å². The average Bonchev–Trinajstić information content (AvgIpc) is 2.47. The van der Waals surface area contributed by atoms with Gasteiger partial charge < -0.3 is 10.3 Å². The number of nitrogens with two attached hydrogens (primary N) is 1. The van der Waals surface area contributed by atoms with Crippen LogP contribution in [0.15, 0.2) is 11.1 Å². The fraction of sp³-hybridized carbons (Fsp3) is 0.167. The molecular weight excluding hydrogens is 194 g/mol. The first-order valence-corrected chi connectivity index (χ1v) is 3.91. The van der Waals surface area contributed by atoms with Gasteiger partial charge in [-0.3, -0.25) is 9.78 Å². The van der Waals surface area contributed by atoms with E-state index in [9.17, 15) is 4.79 Å². The largest absolute Gasteiger partial charge is 0.314 e. The Kier molecular flexibility index (Phi) is 1.78. The summed E-state index contributed by atoms with van der Waals surface area (Å²) in [6.45, 7) is 0.212. The minimum Gasteiger partial charge on any atom is -0.314 e. The summed E-state index contributed by atoms with van der Waals surface area (Å²) >= 11 is 5.56. The predicted molar refractivity (Wildman–Crippen MR) is 47.3 cm³/mol. The van der Waals surface area contributed by atoms with Crippen LogP contribution in [0.3, 0.4) is 0 Å². The Balaban J connectivity index is 2.90. The van der Waals surface area contributed by atoms with E-state index in [0.717, 1.165) is 0 Å². The molecule has 13 heavy (non-hydrogen) atoms. The van der Waals surface area contributed by atoms with E-state index >= 15 is 0 Å². The van der Waals surface area contributed by atoms with Crippen LogP contribution in [0, 0.1) is 0 Å². The van der Waals surface area contributed by atoms with Gasteiger partial charge in [-0.15, -0.1) is 0 Å². The average molecular weight is 200 g/mol. The van der Waals surface area contributed by atoms with Crippen molar-refractivity contribution in [2.45, 2.75) is 6.67 Å². The Labute approximate surface area is 77.4 Å². The predicted octanol–water partition coefficient (Wildman–Crippen LogP) is -0.311. The van der Waals surface area contributed by atoms with Gasteiger partial charge in [0.2, 0.25) is 5.28 Å². The van der Waals surface area contributed by atoms with Crippen molar-refractivity contribution in [3.05, 3.63) is 22.0 Å². The summed E-state index contributed by atoms with van der Waals surface area (Å²) in [5.41, 5.74) is 5.67. The van der Waals surface area contributed by atoms with Gasteiger partial charge in [-0.05, 0) is 11.6 Å². The summed E-state index contributed by atoms with van der Waals surface area (Å²) < 4.78 is 1.54. The number of aromatic nitrogens is 4. The second-order valence-corrected chi connectivity index (χ2v) is 2.78. The smallest absolute Gasteiger partial charge is 0.280 e. The number of hydrogen-bond donors (Lipinski definition) is 2. The fourth-order valence-corrected chi connectivity index (χ4v) is 1.23. The van der Waals surface area contributed by atoms with Gasteiger partial charge in [0, 0.05) is 0 Å². The number of aromatic amines is 1. The zero-order chi connectivity index (χ0) is 9.42. The molecule has 7 heteroatoms. The van der Waals surface area contributed by atoms with Crippen LogP contribution >= 0.6 is 11.6 Å². The lowest BCUT2D eigenvalue weighted by Crippen LogP contribution is -2.11. The van der Waals surface area contributed by atoms with Crippen molar-refractivity contribution in [3.8, 4) is 0 Å². The lowest BCUT2D eigenvalue weighted by atomic mass is 10.5. The molecule has 2 aromatic heterocycles. The molecule has 0 fully saturated rings. The zero-order valence-corrected chi connectivity index (χ0v) is 7.25. The Morgan fingerprint density at radius 2 is 2.46 bits per heavy atom. The molecule has 68 valence electrons. The highest BCUT2D eigenvalue weighted by Gasteiger charge is 2.07. The summed E-state index contributed by atoms with van der Waals surface area (Å²) in [4.78, 5) is 21.3. The van der Waals surface area contributed by atoms with Crippen LogP contribution in [0.1, 0.15) is 0 Å². The van der Waals surface area contributed by atoms with E-state index in [4.69, 9.17) is 17.3 Å². The number of H-pyrrole nitrogens is 1. The lowest BCUT2D eigenvalue weighted by Gasteiger charge is -1.96. The quantitative estimate of drug-likeness (QED) is 0.617. The number of hydrogen-bond acceptors (Lipinski definition) is 4. The van der Waals surface area contributed by atoms with Gasteiger partial charge in [0.15, 0.2) is 11.2 Å². The maximum atomic E-state index is 11.2. The third kappa shape index (κ3) is 1.20. The Bertz CT molecular complexity index is 501. The molecule has 0 aliphatic rings. The highest BCUT2D eigenvalue weighted by molar-refractivity contribution is 6.28. The first-order chi connectivity index (χ1) is 6.22. The third-order valence-corrected chi connectivity index (χ3v) is 1.82. The Morgan fingerprint density at radius 3 is 3.15 bits per heavy atom. The number of fused-ring (bicyclic) bond motifs is 1. The van der Waals surface area contributed by atoms with E-state index in [-0.39, 0.29) is 23.0 Å². The van der Waals surface area contributed by atoms with Crippen molar-refractivity contribution in [3.63, 3.8) is 0 Å². The summed E-state index contributed by atoms with van der Waals surface area (Å²) in [7, 11) is 0. The highest BCUT2D eigenvalue weighted by Crippen LogP contribution is 2.06. The molecule has 0 aliphatic carbocycles. The SMILES string of the molecule is NCn1cnc2c(=O)[nH]c(Cl)nc21. The normalized spacial score (nSPS) is 10.9. The number of halogens is 1. The maximum Gasteiger partial charge on any atom is 0.280 e. The van der Waals surface area contributed by atoms with E-state index in [1.54, 1.807) is 0 Å². The zero-order valence-electron chi connectivity index (χ0n) is 6.49. The van der Waals surface area contributed by atoms with Crippen molar-refractivity contribution in [2.75, 3.05) is 0 Å². The van der Waals surface area contributed by atoms with Crippen LogP contribution in [-0.4, -0.2) is 19.5 Å². The Hall–Kier alpha value is -1.40. The molecule has 0 aromatic carbocycles. The highest BCUT2D eigenvalue weighted by atomic mass is 35.5. The first kappa shape index (κ1) is 8.21. The minimum absolute atomic E-state index is 0.0349. The van der Waals surface area contributed by atoms with E-state index in [1.807, 2.05) is 0 Å². The second kappa shape index (κ2) is 2.82. The first-order valence-electron chi connectivity index (χ1n) is 3.53. The van der Waals surface area contributed by atoms with Crippen molar-refractivity contribution < 1.29 is 0 Å². The summed E-state index contributed by atoms with van der Waals surface area (Å²) in [6.07, 6.45) is 1.45. The van der Waals surface area contributed by atoms with Crippen LogP contribution in [0.2, 0.25) is 5.28 Å². The van der Waals surface area contributed by atoms with Crippen LogP contribution in [0.4, 0.5) is 0 Å². The van der Waals surface area contributed by atoms with Crippen LogP contribution in [0.25, 0.3) is 11.2 Å². The molecule has 2 heterocycles. The van der Waals surface area contributed by atoms with E-state index < -0.39 is 0 Å². The second-order valence-electron chi connectivity index (χ2n) is 2.43. The molecule has 0 radical (unpaired) electrons. The number of imidazole rings is 1. The van der Waals surface area contributed by atoms with Gasteiger partial charge in [-0.25, -0.2) is 4.98 Å². The van der Waals surface area contributed by atoms with Crippen molar-refractivity contribution in [1.82, 2.24) is 19.5 Å². The molecule has 0 amide bonds. The third-order valence-electron chi connectivity index (χ3n) is 1.64. The molecule has 0 saturated carbocycles. The van der Waals surface area contributed by atoms with Gasteiger partial charge in [-0.1, -0.05) is 0 Å². The molecule has 3 N–H and O–H groups in total. The molecule has 6 nitrogen and oxygen atoms in total. The number of nitrogens with zero attached hydrogens (tertiary/aromatic N) is 3. The van der Waals surface area contributed by atoms with E-state index in [2.05, 4.69) is 15.0 Å². The van der Waals surface area contributed by atoms with E-state index in [0.29, 0.717) is 5.65 Å². The number of nitrogens with one attached hydrogen (secondary N) is 1. The van der Waals surface area contributed by atoms with Gasteiger partial charge in [0.05, 0.1) is 13.0 Å². The van der Waals surface area contributed by atoms with Crippen LogP contribution in [0.5, 0.6) is 0 Å². The maximum absolute atomic E-state index is 11.2. The molecular formula is C6H6ClN5O. The topological polar surface area (TPSA) is 89.6 Å². The van der Waals surface area contributed by atoms with Gasteiger partial charge in [0.1, 0.15) is 0 Å². The monoisotopic (exact) mass is 199 g/mol. The lowest BCUT2D eigenvalue weighted by molar-refractivity contribution is 0.746. The molecule has 0 saturated heterocycles. The Morgan fingerprint density at radius 1 is 1.69 bits per heavy atom. The molecule has 2 rings (SSSR count). The van der Waals surface area contributed by atoms with Crippen molar-refractivity contribution in [2.24, 2.45) is 5.73 Å². The molecule has 0 unspecified atom stereocenters. The van der Waals surface area contributed by atoms with Crippen molar-refractivity contribution in [1.29, 1.82) is 0 Å². The molecule has 0 bridgehead atoms. The number of rotatable bonds is 1. The van der Waals surface area contributed by atoms with Crippen LogP contribution in [-0.2, 0) is 6.67 Å². The summed E-state index contributed by atoms with van der Waals surface area (Å²) in [5.74, 6) is 0.